The summed E-state index contributed by atoms with van der Waals surface area (Å²) in [6.07, 6.45) is 2.07. The maximum atomic E-state index is 14.9. The molecule has 3 aliphatic heterocycles. The molecule has 0 saturated carbocycles. The lowest BCUT2D eigenvalue weighted by atomic mass is 9.94. The van der Waals surface area contributed by atoms with Crippen LogP contribution in [-0.2, 0) is 26.4 Å². The molecule has 3 fully saturated rings. The molecular formula is C36H38ClF2N7O5. The minimum atomic E-state index is -1.25. The summed E-state index contributed by atoms with van der Waals surface area (Å²) in [6, 6.07) is 17.5. The van der Waals surface area contributed by atoms with Crippen LogP contribution in [0.15, 0.2) is 79.4 Å². The second-order valence-electron chi connectivity index (χ2n) is 13.0. The van der Waals surface area contributed by atoms with Gasteiger partial charge >= 0.3 is 6.03 Å². The number of hydrogen-bond acceptors (Lipinski definition) is 9. The van der Waals surface area contributed by atoms with Crippen LogP contribution in [0.3, 0.4) is 0 Å². The van der Waals surface area contributed by atoms with Crippen molar-refractivity contribution in [2.24, 2.45) is 0 Å². The van der Waals surface area contributed by atoms with E-state index in [9.17, 15) is 18.4 Å². The van der Waals surface area contributed by atoms with Gasteiger partial charge in [-0.2, -0.15) is 5.10 Å². The summed E-state index contributed by atoms with van der Waals surface area (Å²) in [4.78, 5) is 37.1. The summed E-state index contributed by atoms with van der Waals surface area (Å²) >= 11 is 6.11. The number of halogens is 3. The third-order valence-corrected chi connectivity index (χ3v) is 9.73. The fourth-order valence-corrected chi connectivity index (χ4v) is 7.12. The minimum Gasteiger partial charge on any atom is -0.488 e. The molecule has 3 aromatic carbocycles. The average Bonchev–Trinajstić information content (AvgIpc) is 3.86. The standard InChI is InChI=1S/C36H38ClF2N7O5/c1-24(2)45-34(47)32(18-37)46(35(45)48)28-6-4-26(5-7-28)42-13-15-43(16-14-42)27-8-10-29(11-9-27)49-19-33-50-21-36(51-33,20-44-23-40-22-41-44)30-12-3-25(38)17-31(30)39/h3-12,17,22-24,32-33H,13-16,18-21H2,1-2H3/t32?,33-,36+/m0/s1. The molecular weight excluding hydrogens is 684 g/mol. The van der Waals surface area contributed by atoms with Gasteiger partial charge in [-0.05, 0) is 68.4 Å². The van der Waals surface area contributed by atoms with Crippen molar-refractivity contribution in [3.63, 3.8) is 0 Å². The van der Waals surface area contributed by atoms with Crippen molar-refractivity contribution in [3.05, 3.63) is 96.6 Å². The Hall–Kier alpha value is -4.79. The van der Waals surface area contributed by atoms with E-state index in [4.69, 9.17) is 25.8 Å². The van der Waals surface area contributed by atoms with Crippen molar-refractivity contribution < 1.29 is 32.6 Å². The fourth-order valence-electron chi connectivity index (χ4n) is 6.85. The molecule has 3 atom stereocenters. The summed E-state index contributed by atoms with van der Waals surface area (Å²) in [5.74, 6) is -1.04. The number of amides is 3. The van der Waals surface area contributed by atoms with E-state index in [1.54, 1.807) is 0 Å². The highest BCUT2D eigenvalue weighted by Crippen LogP contribution is 2.37. The van der Waals surface area contributed by atoms with Gasteiger partial charge in [0.1, 0.15) is 48.3 Å². The number of anilines is 3. The van der Waals surface area contributed by atoms with E-state index in [0.717, 1.165) is 43.6 Å². The fraction of sp³-hybridized carbons (Fsp3) is 0.389. The van der Waals surface area contributed by atoms with E-state index >= 15 is 0 Å². The predicted octanol–water partition coefficient (Wildman–Crippen LogP) is 5.01. The van der Waals surface area contributed by atoms with Gasteiger partial charge in [0.2, 0.25) is 0 Å². The Morgan fingerprint density at radius 3 is 2.18 bits per heavy atom. The SMILES string of the molecule is CC(C)N1C(=O)C(CCl)N(c2ccc(N3CCN(c4ccc(OC[C@H]5OC[C@](Cn6cncn6)(c6ccc(F)cc6F)O5)cc4)CC3)cc2)C1=O. The quantitative estimate of drug-likeness (QED) is 0.156. The number of imide groups is 1. The van der Waals surface area contributed by atoms with Crippen LogP contribution < -0.4 is 19.4 Å². The van der Waals surface area contributed by atoms with Gasteiger partial charge in [-0.25, -0.2) is 23.2 Å². The van der Waals surface area contributed by atoms with Crippen molar-refractivity contribution in [1.29, 1.82) is 0 Å². The summed E-state index contributed by atoms with van der Waals surface area (Å²) in [5, 5.41) is 4.12. The van der Waals surface area contributed by atoms with Crippen LogP contribution in [0.1, 0.15) is 19.4 Å². The van der Waals surface area contributed by atoms with E-state index in [1.165, 1.54) is 39.3 Å². The third-order valence-electron chi connectivity index (χ3n) is 9.43. The molecule has 4 heterocycles. The van der Waals surface area contributed by atoms with Gasteiger partial charge in [-0.1, -0.05) is 6.07 Å². The zero-order chi connectivity index (χ0) is 35.7. The molecule has 3 saturated heterocycles. The van der Waals surface area contributed by atoms with E-state index in [2.05, 4.69) is 19.9 Å². The van der Waals surface area contributed by atoms with E-state index in [0.29, 0.717) is 11.4 Å². The van der Waals surface area contributed by atoms with Crippen LogP contribution in [0.2, 0.25) is 0 Å². The van der Waals surface area contributed by atoms with E-state index in [1.807, 2.05) is 62.4 Å². The van der Waals surface area contributed by atoms with Gasteiger partial charge in [-0.3, -0.25) is 14.6 Å². The largest absolute Gasteiger partial charge is 0.488 e. The first-order chi connectivity index (χ1) is 24.7. The minimum absolute atomic E-state index is 0.0170. The highest BCUT2D eigenvalue weighted by Gasteiger charge is 2.47. The number of piperazine rings is 1. The topological polar surface area (TPSA) is 106 Å². The molecule has 7 rings (SSSR count). The number of rotatable bonds is 11. The summed E-state index contributed by atoms with van der Waals surface area (Å²) < 4.78 is 48.2. The zero-order valence-electron chi connectivity index (χ0n) is 28.2. The van der Waals surface area contributed by atoms with E-state index < -0.39 is 29.6 Å². The number of nitrogens with zero attached hydrogens (tertiary/aromatic N) is 7. The van der Waals surface area contributed by atoms with Gasteiger partial charge in [0, 0.05) is 60.9 Å². The first-order valence-electron chi connectivity index (χ1n) is 16.8. The van der Waals surface area contributed by atoms with Gasteiger partial charge in [0.15, 0.2) is 6.29 Å². The van der Waals surface area contributed by atoms with Crippen molar-refractivity contribution in [3.8, 4) is 5.75 Å². The van der Waals surface area contributed by atoms with Crippen LogP contribution in [0.5, 0.6) is 5.75 Å². The molecule has 1 unspecified atom stereocenters. The molecule has 0 aliphatic carbocycles. The maximum Gasteiger partial charge on any atom is 0.332 e. The van der Waals surface area contributed by atoms with Crippen molar-refractivity contribution in [1.82, 2.24) is 19.7 Å². The Balaban J connectivity index is 0.925. The van der Waals surface area contributed by atoms with Crippen LogP contribution in [0.4, 0.5) is 30.6 Å². The molecule has 15 heteroatoms. The van der Waals surface area contributed by atoms with Crippen LogP contribution in [0.25, 0.3) is 0 Å². The summed E-state index contributed by atoms with van der Waals surface area (Å²) in [7, 11) is 0. The number of alkyl halides is 1. The lowest BCUT2D eigenvalue weighted by molar-refractivity contribution is -0.127. The number of carbonyl (C=O) groups excluding carboxylic acids is 2. The first-order valence-corrected chi connectivity index (χ1v) is 17.3. The molecule has 0 N–H and O–H groups in total. The van der Waals surface area contributed by atoms with Crippen LogP contribution in [0, 0.1) is 11.6 Å². The number of ether oxygens (including phenoxy) is 3. The zero-order valence-corrected chi connectivity index (χ0v) is 29.0. The lowest BCUT2D eigenvalue weighted by Gasteiger charge is -2.37. The highest BCUT2D eigenvalue weighted by molar-refractivity contribution is 6.24. The number of benzene rings is 3. The van der Waals surface area contributed by atoms with Gasteiger partial charge in [0.05, 0.1) is 19.0 Å². The highest BCUT2D eigenvalue weighted by atomic mass is 35.5. The van der Waals surface area contributed by atoms with Crippen molar-refractivity contribution in [2.75, 3.05) is 60.0 Å². The Bertz CT molecular complexity index is 1840. The average molecular weight is 722 g/mol. The summed E-state index contributed by atoms with van der Waals surface area (Å²) in [5.41, 5.74) is 1.66. The monoisotopic (exact) mass is 721 g/mol. The smallest absolute Gasteiger partial charge is 0.332 e. The number of hydrogen-bond donors (Lipinski definition) is 0. The third kappa shape index (κ3) is 6.95. The lowest BCUT2D eigenvalue weighted by Crippen LogP contribution is -2.46. The van der Waals surface area contributed by atoms with E-state index in [-0.39, 0.29) is 49.2 Å². The molecule has 3 aliphatic rings. The normalized spacial score (nSPS) is 22.5. The predicted molar refractivity (Wildman–Crippen MR) is 186 cm³/mol. The Labute approximate surface area is 299 Å². The molecule has 51 heavy (non-hydrogen) atoms. The van der Waals surface area contributed by atoms with Gasteiger partial charge < -0.3 is 24.0 Å². The molecule has 0 radical (unpaired) electrons. The number of carbonyl (C=O) groups is 2. The van der Waals surface area contributed by atoms with Crippen molar-refractivity contribution in [2.45, 2.75) is 44.4 Å². The summed E-state index contributed by atoms with van der Waals surface area (Å²) in [6.45, 7) is 7.02. The maximum absolute atomic E-state index is 14.9. The molecule has 1 aromatic heterocycles. The van der Waals surface area contributed by atoms with Crippen molar-refractivity contribution >= 4 is 40.6 Å². The number of aromatic nitrogens is 3. The number of urea groups is 1. The van der Waals surface area contributed by atoms with Gasteiger partial charge in [0.25, 0.3) is 5.91 Å². The Morgan fingerprint density at radius 2 is 1.59 bits per heavy atom. The molecule has 3 amide bonds. The second kappa shape index (κ2) is 14.4. The van der Waals surface area contributed by atoms with Crippen LogP contribution >= 0.6 is 11.6 Å². The molecule has 0 spiro atoms. The molecule has 4 aromatic rings. The Morgan fingerprint density at radius 1 is 0.941 bits per heavy atom. The molecule has 12 nitrogen and oxygen atoms in total. The first kappa shape index (κ1) is 34.6. The molecule has 268 valence electrons. The Kier molecular flexibility index (Phi) is 9.81. The second-order valence-corrected chi connectivity index (χ2v) is 13.3. The van der Waals surface area contributed by atoms with Gasteiger partial charge in [-0.15, -0.1) is 11.6 Å². The van der Waals surface area contributed by atoms with Crippen LogP contribution in [-0.4, -0.2) is 95.2 Å². The molecule has 0 bridgehead atoms.